The van der Waals surface area contributed by atoms with Crippen molar-refractivity contribution in [3.8, 4) is 0 Å². The third-order valence-electron chi connectivity index (χ3n) is 6.37. The molecule has 0 aliphatic carbocycles. The zero-order valence-electron chi connectivity index (χ0n) is 16.8. The molecule has 2 bridgehead atoms. The number of halogens is 2. The molecule has 2 saturated heterocycles. The Kier molecular flexibility index (Phi) is 6.05. The Balaban J connectivity index is 1.65. The summed E-state index contributed by atoms with van der Waals surface area (Å²) in [6.07, 6.45) is 1.01. The van der Waals surface area contributed by atoms with Crippen molar-refractivity contribution in [1.29, 1.82) is 0 Å². The summed E-state index contributed by atoms with van der Waals surface area (Å²) in [5.41, 5.74) is 1.44. The van der Waals surface area contributed by atoms with E-state index in [4.69, 9.17) is 32.7 Å². The molecule has 0 amide bonds. The molecule has 30 heavy (non-hydrogen) atoms. The summed E-state index contributed by atoms with van der Waals surface area (Å²) in [6.45, 7) is 0. The number of fused-ring (bicyclic) bond motifs is 2. The van der Waals surface area contributed by atoms with Crippen molar-refractivity contribution in [2.45, 2.75) is 36.9 Å². The molecule has 2 heterocycles. The van der Waals surface area contributed by atoms with E-state index in [1.54, 1.807) is 30.3 Å². The van der Waals surface area contributed by atoms with Gasteiger partial charge in [-0.05, 0) is 43.3 Å². The molecule has 0 aromatic heterocycles. The minimum absolute atomic E-state index is 0.0983. The molecule has 0 radical (unpaired) electrons. The number of esters is 2. The molecule has 7 heteroatoms. The van der Waals surface area contributed by atoms with Crippen LogP contribution in [-0.2, 0) is 14.3 Å². The molecule has 2 aromatic rings. The number of hydrogen-bond acceptors (Lipinski definition) is 5. The highest BCUT2D eigenvalue weighted by Crippen LogP contribution is 2.48. The number of rotatable bonds is 4. The van der Waals surface area contributed by atoms with Gasteiger partial charge in [0.05, 0.1) is 34.7 Å². The molecule has 0 N–H and O–H groups in total. The van der Waals surface area contributed by atoms with Crippen molar-refractivity contribution >= 4 is 35.1 Å². The number of piperidine rings is 1. The van der Waals surface area contributed by atoms with Crippen LogP contribution < -0.4 is 0 Å². The maximum Gasteiger partial charge on any atom is 0.338 e. The average Bonchev–Trinajstić information content (AvgIpc) is 2.94. The minimum atomic E-state index is -0.482. The first-order chi connectivity index (χ1) is 14.4. The van der Waals surface area contributed by atoms with Crippen LogP contribution in [0.2, 0.25) is 10.0 Å². The normalized spacial score (nSPS) is 28.2. The van der Waals surface area contributed by atoms with Gasteiger partial charge in [0.2, 0.25) is 0 Å². The third-order valence-corrected chi connectivity index (χ3v) is 7.11. The second-order valence-electron chi connectivity index (χ2n) is 7.92. The fourth-order valence-corrected chi connectivity index (χ4v) is 5.23. The number of benzene rings is 2. The van der Waals surface area contributed by atoms with Gasteiger partial charge in [-0.25, -0.2) is 4.79 Å². The second kappa shape index (κ2) is 8.58. The molecule has 2 aromatic carbocycles. The largest absolute Gasteiger partial charge is 0.469 e. The summed E-state index contributed by atoms with van der Waals surface area (Å²) in [6, 6.07) is 14.3. The number of hydrogen-bond donors (Lipinski definition) is 0. The quantitative estimate of drug-likeness (QED) is 0.642. The van der Waals surface area contributed by atoms with Gasteiger partial charge >= 0.3 is 11.9 Å². The molecule has 5 nitrogen and oxygen atoms in total. The number of nitrogens with zero attached hydrogens (tertiary/aromatic N) is 1. The van der Waals surface area contributed by atoms with E-state index >= 15 is 0 Å². The highest BCUT2D eigenvalue weighted by molar-refractivity contribution is 6.42. The van der Waals surface area contributed by atoms with Gasteiger partial charge in [0.15, 0.2) is 0 Å². The lowest BCUT2D eigenvalue weighted by molar-refractivity contribution is -0.151. The van der Waals surface area contributed by atoms with E-state index in [9.17, 15) is 9.59 Å². The van der Waals surface area contributed by atoms with Gasteiger partial charge in [0.1, 0.15) is 6.10 Å². The standard InChI is InChI=1S/C23H23Cl2NO4/c1-26-15-11-16(14-8-9-17(24)18(25)10-14)20(23(28)29-2)21(26)19(12-15)30-22(27)13-6-4-3-5-7-13/h3-10,15-16,19-21H,11-12H2,1-2H3. The van der Waals surface area contributed by atoms with Crippen molar-refractivity contribution < 1.29 is 19.1 Å². The maximum atomic E-state index is 12.9. The molecule has 4 rings (SSSR count). The number of carbonyl (C=O) groups is 2. The monoisotopic (exact) mass is 447 g/mol. The lowest BCUT2D eigenvalue weighted by Crippen LogP contribution is -2.52. The van der Waals surface area contributed by atoms with Gasteiger partial charge in [0, 0.05) is 18.4 Å². The van der Waals surface area contributed by atoms with Gasteiger partial charge in [-0.15, -0.1) is 0 Å². The smallest absolute Gasteiger partial charge is 0.338 e. The topological polar surface area (TPSA) is 55.8 Å². The molecule has 5 unspecified atom stereocenters. The molecule has 2 aliphatic heterocycles. The van der Waals surface area contributed by atoms with Crippen molar-refractivity contribution in [3.05, 3.63) is 69.7 Å². The first-order valence-corrected chi connectivity index (χ1v) is 10.7. The van der Waals surface area contributed by atoms with Crippen LogP contribution in [0.4, 0.5) is 0 Å². The van der Waals surface area contributed by atoms with Crippen LogP contribution >= 0.6 is 23.2 Å². The van der Waals surface area contributed by atoms with Crippen LogP contribution in [-0.4, -0.2) is 49.2 Å². The molecular formula is C23H23Cl2NO4. The number of likely N-dealkylation sites (N-methyl/N-ethyl adjacent to an activating group) is 1. The summed E-state index contributed by atoms with van der Waals surface area (Å²) in [4.78, 5) is 27.7. The van der Waals surface area contributed by atoms with Crippen molar-refractivity contribution in [2.75, 3.05) is 14.2 Å². The van der Waals surface area contributed by atoms with Crippen LogP contribution in [0.1, 0.15) is 34.7 Å². The number of carbonyl (C=O) groups excluding carboxylic acids is 2. The van der Waals surface area contributed by atoms with E-state index in [0.717, 1.165) is 12.0 Å². The average molecular weight is 448 g/mol. The first-order valence-electron chi connectivity index (χ1n) is 9.91. The second-order valence-corrected chi connectivity index (χ2v) is 8.73. The third kappa shape index (κ3) is 3.82. The van der Waals surface area contributed by atoms with Crippen LogP contribution in [0.3, 0.4) is 0 Å². The van der Waals surface area contributed by atoms with Crippen LogP contribution in [0.5, 0.6) is 0 Å². The Morgan fingerprint density at radius 3 is 2.43 bits per heavy atom. The molecule has 2 aliphatic rings. The fourth-order valence-electron chi connectivity index (χ4n) is 4.93. The fraction of sp³-hybridized carbons (Fsp3) is 0.391. The van der Waals surface area contributed by atoms with Crippen molar-refractivity contribution in [2.24, 2.45) is 5.92 Å². The van der Waals surface area contributed by atoms with E-state index < -0.39 is 12.0 Å². The van der Waals surface area contributed by atoms with Gasteiger partial charge < -0.3 is 9.47 Å². The lowest BCUT2D eigenvalue weighted by atomic mass is 9.76. The predicted molar refractivity (Wildman–Crippen MR) is 115 cm³/mol. The summed E-state index contributed by atoms with van der Waals surface area (Å²) in [5, 5.41) is 0.928. The molecule has 0 spiro atoms. The Morgan fingerprint density at radius 1 is 1.03 bits per heavy atom. The SMILES string of the molecule is COC(=O)C1C(c2ccc(Cl)c(Cl)c2)CC2CC(OC(=O)c3ccccc3)C1N2C. The highest BCUT2D eigenvalue weighted by Gasteiger charge is 2.55. The summed E-state index contributed by atoms with van der Waals surface area (Å²) in [7, 11) is 3.37. The molecule has 5 atom stereocenters. The van der Waals surface area contributed by atoms with E-state index in [2.05, 4.69) is 4.90 Å². The van der Waals surface area contributed by atoms with E-state index in [1.165, 1.54) is 7.11 Å². The highest BCUT2D eigenvalue weighted by atomic mass is 35.5. The van der Waals surface area contributed by atoms with Crippen LogP contribution in [0, 0.1) is 5.92 Å². The van der Waals surface area contributed by atoms with Crippen molar-refractivity contribution in [1.82, 2.24) is 4.90 Å². The molecular weight excluding hydrogens is 425 g/mol. The Hall–Kier alpha value is -2.08. The van der Waals surface area contributed by atoms with Gasteiger partial charge in [-0.3, -0.25) is 9.69 Å². The van der Waals surface area contributed by atoms with E-state index in [0.29, 0.717) is 22.0 Å². The van der Waals surface area contributed by atoms with Gasteiger partial charge in [0.25, 0.3) is 0 Å². The van der Waals surface area contributed by atoms with Gasteiger partial charge in [-0.2, -0.15) is 0 Å². The lowest BCUT2D eigenvalue weighted by Gasteiger charge is -2.42. The Labute approximate surface area is 185 Å². The summed E-state index contributed by atoms with van der Waals surface area (Å²) >= 11 is 12.3. The molecule has 158 valence electrons. The van der Waals surface area contributed by atoms with Crippen LogP contribution in [0.25, 0.3) is 0 Å². The zero-order valence-corrected chi connectivity index (χ0v) is 18.3. The number of ether oxygens (including phenoxy) is 2. The minimum Gasteiger partial charge on any atom is -0.469 e. The summed E-state index contributed by atoms with van der Waals surface area (Å²) < 4.78 is 11.1. The van der Waals surface area contributed by atoms with Crippen LogP contribution in [0.15, 0.2) is 48.5 Å². The Morgan fingerprint density at radius 2 is 1.77 bits per heavy atom. The number of methoxy groups -OCH3 is 1. The molecule has 2 fully saturated rings. The predicted octanol–water partition coefficient (Wildman–Crippen LogP) is 4.57. The van der Waals surface area contributed by atoms with Gasteiger partial charge in [-0.1, -0.05) is 47.5 Å². The maximum absolute atomic E-state index is 12.9. The zero-order chi connectivity index (χ0) is 21.4. The first kappa shape index (κ1) is 21.2. The van der Waals surface area contributed by atoms with E-state index in [-0.39, 0.29) is 29.9 Å². The van der Waals surface area contributed by atoms with E-state index in [1.807, 2.05) is 25.2 Å². The Bertz CT molecular complexity index is 951. The summed E-state index contributed by atoms with van der Waals surface area (Å²) in [5.74, 6) is -1.27. The molecule has 0 saturated carbocycles. The van der Waals surface area contributed by atoms with Crippen molar-refractivity contribution in [3.63, 3.8) is 0 Å².